The molecule has 0 spiro atoms. The van der Waals surface area contributed by atoms with E-state index in [1.807, 2.05) is 18.3 Å². The van der Waals surface area contributed by atoms with Crippen molar-refractivity contribution in [1.82, 2.24) is 4.98 Å². The maximum atomic E-state index is 3.12. The fourth-order valence-electron chi connectivity index (χ4n) is 0.995. The number of nitrogens with one attached hydrogen (secondary N) is 1. The van der Waals surface area contributed by atoms with E-state index in [4.69, 9.17) is 0 Å². The van der Waals surface area contributed by atoms with Gasteiger partial charge in [0, 0.05) is 11.7 Å². The molecule has 0 atom stereocenters. The van der Waals surface area contributed by atoms with Gasteiger partial charge in [-0.25, -0.2) is 0 Å². The molecule has 0 bridgehead atoms. The lowest BCUT2D eigenvalue weighted by Crippen LogP contribution is -1.61. The van der Waals surface area contributed by atoms with Gasteiger partial charge in [0.1, 0.15) is 0 Å². The van der Waals surface area contributed by atoms with Crippen molar-refractivity contribution in [1.29, 1.82) is 0 Å². The second kappa shape index (κ2) is 1.62. The van der Waals surface area contributed by atoms with Crippen LogP contribution in [-0.2, 0) is 0 Å². The number of fused-ring (bicyclic) bond motifs is 1. The van der Waals surface area contributed by atoms with E-state index in [1.54, 1.807) is 0 Å². The molecule has 0 fully saturated rings. The standard InChI is InChI=1S/C8H7N/c1-2-4-8-7(3-1)5-6-9-8/h1-6,9H/i5+1,6+1. The molecule has 0 aliphatic heterocycles. The third-order valence-corrected chi connectivity index (χ3v) is 1.46. The van der Waals surface area contributed by atoms with Gasteiger partial charge in [0.05, 0.1) is 0 Å². The zero-order valence-electron chi connectivity index (χ0n) is 4.96. The number of para-hydroxylation sites is 1. The molecule has 1 heteroatoms. The Morgan fingerprint density at radius 1 is 1.00 bits per heavy atom. The number of H-pyrrole nitrogens is 1. The normalized spacial score (nSPS) is 10.2. The van der Waals surface area contributed by atoms with Crippen LogP contribution in [0, 0.1) is 0 Å². The summed E-state index contributed by atoms with van der Waals surface area (Å²) in [7, 11) is 0. The maximum absolute atomic E-state index is 3.12. The predicted molar refractivity (Wildman–Crippen MR) is 38.3 cm³/mol. The fraction of sp³-hybridized carbons (Fsp3) is 0. The molecule has 44 valence electrons. The summed E-state index contributed by atoms with van der Waals surface area (Å²) in [6.07, 6.45) is 1.95. The van der Waals surface area contributed by atoms with Crippen LogP contribution in [0.25, 0.3) is 10.9 Å². The second-order valence-electron chi connectivity index (χ2n) is 2.06. The topological polar surface area (TPSA) is 15.8 Å². The number of hydrogen-bond donors (Lipinski definition) is 1. The van der Waals surface area contributed by atoms with Crippen LogP contribution < -0.4 is 0 Å². The van der Waals surface area contributed by atoms with Crippen LogP contribution in [-0.4, -0.2) is 4.98 Å². The van der Waals surface area contributed by atoms with Gasteiger partial charge in [-0.3, -0.25) is 0 Å². The molecule has 1 aromatic heterocycles. The van der Waals surface area contributed by atoms with Crippen LogP contribution in [0.1, 0.15) is 0 Å². The highest BCUT2D eigenvalue weighted by atomic mass is 14.8. The summed E-state index contributed by atoms with van der Waals surface area (Å²) in [6.45, 7) is 0. The van der Waals surface area contributed by atoms with E-state index in [0.717, 1.165) is 0 Å². The van der Waals surface area contributed by atoms with E-state index in [0.29, 0.717) is 0 Å². The Hall–Kier alpha value is -1.24. The van der Waals surface area contributed by atoms with Crippen molar-refractivity contribution < 1.29 is 0 Å². The van der Waals surface area contributed by atoms with E-state index in [1.165, 1.54) is 10.9 Å². The summed E-state index contributed by atoms with van der Waals surface area (Å²) in [5, 5.41) is 1.28. The summed E-state index contributed by atoms with van der Waals surface area (Å²) in [5.74, 6) is 0. The molecule has 1 N–H and O–H groups in total. The number of benzene rings is 1. The molecule has 0 amide bonds. The molecule has 1 heterocycles. The van der Waals surface area contributed by atoms with Crippen molar-refractivity contribution in [3.05, 3.63) is 36.5 Å². The van der Waals surface area contributed by atoms with Gasteiger partial charge in [-0.05, 0) is 17.5 Å². The largest absolute Gasteiger partial charge is 0.361 e. The molecular formula is C8H7N. The Morgan fingerprint density at radius 2 is 1.89 bits per heavy atom. The van der Waals surface area contributed by atoms with Crippen LogP contribution >= 0.6 is 0 Å². The highest BCUT2D eigenvalue weighted by Gasteiger charge is 1.86. The zero-order chi connectivity index (χ0) is 6.10. The molecule has 2 aromatic rings. The minimum absolute atomic E-state index is 1.21. The lowest BCUT2D eigenvalue weighted by Gasteiger charge is -1.83. The lowest BCUT2D eigenvalue weighted by atomic mass is 10.3. The van der Waals surface area contributed by atoms with Gasteiger partial charge in [0.25, 0.3) is 0 Å². The first-order chi connectivity index (χ1) is 4.47. The van der Waals surface area contributed by atoms with Crippen molar-refractivity contribution in [2.45, 2.75) is 0 Å². The van der Waals surface area contributed by atoms with Gasteiger partial charge in [0.15, 0.2) is 0 Å². The summed E-state index contributed by atoms with van der Waals surface area (Å²) in [6, 6.07) is 10.3. The van der Waals surface area contributed by atoms with Gasteiger partial charge >= 0.3 is 0 Å². The quantitative estimate of drug-likeness (QED) is 0.547. The van der Waals surface area contributed by atoms with E-state index in [9.17, 15) is 0 Å². The highest BCUT2D eigenvalue weighted by Crippen LogP contribution is 2.09. The third-order valence-electron chi connectivity index (χ3n) is 1.46. The van der Waals surface area contributed by atoms with Crippen LogP contribution in [0.15, 0.2) is 36.5 Å². The molecule has 0 radical (unpaired) electrons. The summed E-state index contributed by atoms with van der Waals surface area (Å²) in [5.41, 5.74) is 1.21. The minimum atomic E-state index is 1.21. The lowest BCUT2D eigenvalue weighted by molar-refractivity contribution is 1.48. The summed E-state index contributed by atoms with van der Waals surface area (Å²) >= 11 is 0. The SMILES string of the molecule is c1ccc2[nH][13cH][13cH]c2c1. The number of hydrogen-bond acceptors (Lipinski definition) is 0. The molecular weight excluding hydrogens is 112 g/mol. The van der Waals surface area contributed by atoms with Crippen molar-refractivity contribution in [3.63, 3.8) is 0 Å². The van der Waals surface area contributed by atoms with Crippen LogP contribution in [0.4, 0.5) is 0 Å². The Bertz CT molecular complexity index is 279. The average molecular weight is 119 g/mol. The number of aromatic amines is 1. The number of rotatable bonds is 0. The molecule has 0 aliphatic rings. The van der Waals surface area contributed by atoms with Crippen LogP contribution in [0.3, 0.4) is 0 Å². The van der Waals surface area contributed by atoms with Crippen molar-refractivity contribution in [2.24, 2.45) is 0 Å². The Kier molecular flexibility index (Phi) is 0.833. The van der Waals surface area contributed by atoms with Gasteiger partial charge < -0.3 is 4.98 Å². The Morgan fingerprint density at radius 3 is 2.78 bits per heavy atom. The first-order valence-electron chi connectivity index (χ1n) is 2.99. The van der Waals surface area contributed by atoms with Gasteiger partial charge in [0.2, 0.25) is 0 Å². The Balaban J connectivity index is 2.95. The highest BCUT2D eigenvalue weighted by molar-refractivity contribution is 5.78. The molecule has 2 rings (SSSR count). The molecule has 0 unspecified atom stereocenters. The Labute approximate surface area is 53.3 Å². The van der Waals surface area contributed by atoms with Crippen LogP contribution in [0.2, 0.25) is 0 Å². The summed E-state index contributed by atoms with van der Waals surface area (Å²) < 4.78 is 0. The van der Waals surface area contributed by atoms with Gasteiger partial charge in [-0.15, -0.1) is 0 Å². The van der Waals surface area contributed by atoms with Crippen LogP contribution in [0.5, 0.6) is 0 Å². The first kappa shape index (κ1) is 4.62. The first-order valence-corrected chi connectivity index (χ1v) is 2.99. The molecule has 0 aliphatic carbocycles. The molecule has 1 aromatic carbocycles. The van der Waals surface area contributed by atoms with Gasteiger partial charge in [-0.2, -0.15) is 0 Å². The molecule has 1 nitrogen and oxygen atoms in total. The zero-order valence-corrected chi connectivity index (χ0v) is 4.96. The van der Waals surface area contributed by atoms with Crippen molar-refractivity contribution in [3.8, 4) is 0 Å². The van der Waals surface area contributed by atoms with E-state index in [-0.39, 0.29) is 0 Å². The van der Waals surface area contributed by atoms with E-state index < -0.39 is 0 Å². The maximum Gasteiger partial charge on any atom is 0.0453 e. The van der Waals surface area contributed by atoms with E-state index >= 15 is 0 Å². The minimum Gasteiger partial charge on any atom is -0.361 e. The van der Waals surface area contributed by atoms with E-state index in [2.05, 4.69) is 23.2 Å². The monoisotopic (exact) mass is 119 g/mol. The predicted octanol–water partition coefficient (Wildman–Crippen LogP) is 2.17. The number of aromatic nitrogens is 1. The second-order valence-corrected chi connectivity index (χ2v) is 2.06. The third kappa shape index (κ3) is 0.617. The molecule has 0 saturated heterocycles. The fourth-order valence-corrected chi connectivity index (χ4v) is 0.995. The van der Waals surface area contributed by atoms with Crippen molar-refractivity contribution >= 4 is 10.9 Å². The van der Waals surface area contributed by atoms with Crippen molar-refractivity contribution in [2.75, 3.05) is 0 Å². The average Bonchev–Trinajstić information content (AvgIpc) is 2.33. The smallest absolute Gasteiger partial charge is 0.0453 e. The molecule has 0 saturated carbocycles. The van der Waals surface area contributed by atoms with Gasteiger partial charge in [-0.1, -0.05) is 18.2 Å². The summed E-state index contributed by atoms with van der Waals surface area (Å²) in [4.78, 5) is 3.12. The molecule has 9 heavy (non-hydrogen) atoms.